The van der Waals surface area contributed by atoms with Crippen LogP contribution in [0.1, 0.15) is 24.9 Å². The summed E-state index contributed by atoms with van der Waals surface area (Å²) in [5.41, 5.74) is 2.00. The third-order valence-electron chi connectivity index (χ3n) is 3.88. The van der Waals surface area contributed by atoms with E-state index < -0.39 is 0 Å². The number of carbonyl (C=O) groups is 1. The van der Waals surface area contributed by atoms with Crippen molar-refractivity contribution in [2.24, 2.45) is 0 Å². The quantitative estimate of drug-likeness (QED) is 0.564. The largest absolute Gasteiger partial charge is 0.350 e. The lowest BCUT2D eigenvalue weighted by atomic mass is 10.1. The van der Waals surface area contributed by atoms with Gasteiger partial charge in [-0.05, 0) is 52.7 Å². The van der Waals surface area contributed by atoms with Crippen LogP contribution in [0.4, 0.5) is 0 Å². The number of rotatable bonds is 7. The second kappa shape index (κ2) is 9.00. The van der Waals surface area contributed by atoms with Crippen LogP contribution in [-0.2, 0) is 4.79 Å². The fraction of sp³-hybridized carbons (Fsp3) is 0.211. The van der Waals surface area contributed by atoms with E-state index in [2.05, 4.69) is 31.3 Å². The molecular formula is C19H19BrN4OS. The molecule has 26 heavy (non-hydrogen) atoms. The van der Waals surface area contributed by atoms with Gasteiger partial charge in [0.15, 0.2) is 0 Å². The average molecular weight is 431 g/mol. The maximum atomic E-state index is 12.2. The highest BCUT2D eigenvalue weighted by Gasteiger charge is 2.10. The van der Waals surface area contributed by atoms with Gasteiger partial charge in [0, 0.05) is 21.5 Å². The van der Waals surface area contributed by atoms with Crippen LogP contribution in [0.3, 0.4) is 0 Å². The monoisotopic (exact) mass is 430 g/mol. The maximum absolute atomic E-state index is 12.2. The molecule has 3 aromatic rings. The SMILES string of the molecule is CC(NC(=O)CCSc1ccccc1Br)c1ccc(-n2cncn2)cc1. The van der Waals surface area contributed by atoms with Gasteiger partial charge < -0.3 is 5.32 Å². The zero-order valence-electron chi connectivity index (χ0n) is 14.3. The summed E-state index contributed by atoms with van der Waals surface area (Å²) in [4.78, 5) is 17.3. The molecule has 0 aliphatic carbocycles. The Labute approximate surface area is 165 Å². The molecule has 0 saturated carbocycles. The zero-order valence-corrected chi connectivity index (χ0v) is 16.7. The molecule has 0 radical (unpaired) electrons. The molecule has 0 aliphatic rings. The number of carbonyl (C=O) groups excluding carboxylic acids is 1. The third kappa shape index (κ3) is 4.95. The normalized spacial score (nSPS) is 11.9. The van der Waals surface area contributed by atoms with Crippen LogP contribution < -0.4 is 5.32 Å². The molecule has 1 amide bonds. The van der Waals surface area contributed by atoms with Crippen LogP contribution in [0.2, 0.25) is 0 Å². The Kier molecular flexibility index (Phi) is 6.46. The molecule has 0 saturated heterocycles. The minimum atomic E-state index is -0.0410. The number of nitrogens with one attached hydrogen (secondary N) is 1. The Hall–Kier alpha value is -2.12. The number of halogens is 1. The molecular weight excluding hydrogens is 412 g/mol. The van der Waals surface area contributed by atoms with Crippen molar-refractivity contribution in [3.63, 3.8) is 0 Å². The van der Waals surface area contributed by atoms with Crippen LogP contribution >= 0.6 is 27.7 Å². The first-order valence-corrected chi connectivity index (χ1v) is 10.0. The van der Waals surface area contributed by atoms with E-state index in [1.807, 2.05) is 55.5 Å². The lowest BCUT2D eigenvalue weighted by Crippen LogP contribution is -2.26. The molecule has 1 aromatic heterocycles. The lowest BCUT2D eigenvalue weighted by Gasteiger charge is -2.15. The van der Waals surface area contributed by atoms with Crippen molar-refractivity contribution < 1.29 is 4.79 Å². The molecule has 2 aromatic carbocycles. The van der Waals surface area contributed by atoms with Gasteiger partial charge in [-0.25, -0.2) is 9.67 Å². The molecule has 3 rings (SSSR count). The van der Waals surface area contributed by atoms with Crippen molar-refractivity contribution in [2.45, 2.75) is 24.3 Å². The van der Waals surface area contributed by atoms with E-state index in [9.17, 15) is 4.79 Å². The molecule has 0 aliphatic heterocycles. The average Bonchev–Trinajstić information content (AvgIpc) is 3.18. The maximum Gasteiger partial charge on any atom is 0.221 e. The molecule has 1 atom stereocenters. The van der Waals surface area contributed by atoms with E-state index in [0.717, 1.165) is 26.4 Å². The highest BCUT2D eigenvalue weighted by Crippen LogP contribution is 2.27. The highest BCUT2D eigenvalue weighted by atomic mass is 79.9. The molecule has 1 heterocycles. The lowest BCUT2D eigenvalue weighted by molar-refractivity contribution is -0.121. The second-order valence-electron chi connectivity index (χ2n) is 5.75. The molecule has 134 valence electrons. The molecule has 5 nitrogen and oxygen atoms in total. The van der Waals surface area contributed by atoms with E-state index in [1.165, 1.54) is 6.33 Å². The van der Waals surface area contributed by atoms with E-state index in [0.29, 0.717) is 6.42 Å². The molecule has 7 heteroatoms. The number of thioether (sulfide) groups is 1. The Balaban J connectivity index is 1.48. The predicted molar refractivity (Wildman–Crippen MR) is 107 cm³/mol. The van der Waals surface area contributed by atoms with Crippen molar-refractivity contribution in [3.8, 4) is 5.69 Å². The third-order valence-corrected chi connectivity index (χ3v) is 5.91. The Morgan fingerprint density at radius 3 is 2.69 bits per heavy atom. The Morgan fingerprint density at radius 2 is 2.00 bits per heavy atom. The number of amides is 1. The van der Waals surface area contributed by atoms with Gasteiger partial charge in [-0.3, -0.25) is 4.79 Å². The predicted octanol–water partition coefficient (Wildman–Crippen LogP) is 4.39. The fourth-order valence-electron chi connectivity index (χ4n) is 2.47. The minimum absolute atomic E-state index is 0.0410. The van der Waals surface area contributed by atoms with E-state index in [1.54, 1.807) is 22.8 Å². The minimum Gasteiger partial charge on any atom is -0.350 e. The summed E-state index contributed by atoms with van der Waals surface area (Å²) in [6, 6.07) is 15.9. The van der Waals surface area contributed by atoms with Crippen LogP contribution in [0, 0.1) is 0 Å². The molecule has 1 unspecified atom stereocenters. The van der Waals surface area contributed by atoms with Gasteiger partial charge in [0.25, 0.3) is 0 Å². The van der Waals surface area contributed by atoms with Crippen molar-refractivity contribution >= 4 is 33.6 Å². The van der Waals surface area contributed by atoms with Gasteiger partial charge in [-0.1, -0.05) is 24.3 Å². The van der Waals surface area contributed by atoms with Crippen LogP contribution in [0.15, 0.2) is 70.6 Å². The molecule has 1 N–H and O–H groups in total. The van der Waals surface area contributed by atoms with Crippen LogP contribution in [0.5, 0.6) is 0 Å². The van der Waals surface area contributed by atoms with Crippen molar-refractivity contribution in [1.82, 2.24) is 20.1 Å². The summed E-state index contributed by atoms with van der Waals surface area (Å²) in [7, 11) is 0. The number of hydrogen-bond acceptors (Lipinski definition) is 4. The summed E-state index contributed by atoms with van der Waals surface area (Å²) in [5.74, 6) is 0.796. The Morgan fingerprint density at radius 1 is 1.23 bits per heavy atom. The molecule has 0 spiro atoms. The first-order chi connectivity index (χ1) is 12.6. The number of nitrogens with zero attached hydrogens (tertiary/aromatic N) is 3. The standard InChI is InChI=1S/C19H19BrN4OS/c1-14(15-6-8-16(9-7-15)24-13-21-12-22-24)23-19(25)10-11-26-18-5-3-2-4-17(18)20/h2-9,12-14H,10-11H2,1H3,(H,23,25). The van der Waals surface area contributed by atoms with Crippen LogP contribution in [0.25, 0.3) is 5.69 Å². The summed E-state index contributed by atoms with van der Waals surface area (Å²) in [5, 5.41) is 7.16. The van der Waals surface area contributed by atoms with E-state index in [-0.39, 0.29) is 11.9 Å². The van der Waals surface area contributed by atoms with Gasteiger partial charge >= 0.3 is 0 Å². The van der Waals surface area contributed by atoms with Gasteiger partial charge in [0.1, 0.15) is 12.7 Å². The van der Waals surface area contributed by atoms with Crippen molar-refractivity contribution in [1.29, 1.82) is 0 Å². The number of hydrogen-bond donors (Lipinski definition) is 1. The second-order valence-corrected chi connectivity index (χ2v) is 7.74. The van der Waals surface area contributed by atoms with Gasteiger partial charge in [0.2, 0.25) is 5.91 Å². The number of benzene rings is 2. The Bertz CT molecular complexity index is 852. The van der Waals surface area contributed by atoms with Gasteiger partial charge in [0.05, 0.1) is 11.7 Å². The zero-order chi connectivity index (χ0) is 18.4. The number of aromatic nitrogens is 3. The summed E-state index contributed by atoms with van der Waals surface area (Å²) < 4.78 is 2.76. The first-order valence-electron chi connectivity index (χ1n) is 8.25. The first kappa shape index (κ1) is 18.7. The van der Waals surface area contributed by atoms with E-state index >= 15 is 0 Å². The molecule has 0 bridgehead atoms. The van der Waals surface area contributed by atoms with Gasteiger partial charge in [-0.2, -0.15) is 5.10 Å². The van der Waals surface area contributed by atoms with Crippen LogP contribution in [-0.4, -0.2) is 26.4 Å². The fourth-order valence-corrected chi connectivity index (χ4v) is 3.99. The van der Waals surface area contributed by atoms with Crippen molar-refractivity contribution in [3.05, 3.63) is 71.2 Å². The summed E-state index contributed by atoms with van der Waals surface area (Å²) in [6.45, 7) is 1.99. The van der Waals surface area contributed by atoms with Gasteiger partial charge in [-0.15, -0.1) is 11.8 Å². The van der Waals surface area contributed by atoms with E-state index in [4.69, 9.17) is 0 Å². The summed E-state index contributed by atoms with van der Waals surface area (Å²) in [6.07, 6.45) is 3.64. The highest BCUT2D eigenvalue weighted by molar-refractivity contribution is 9.10. The molecule has 0 fully saturated rings. The van der Waals surface area contributed by atoms with Crippen molar-refractivity contribution in [2.75, 3.05) is 5.75 Å². The topological polar surface area (TPSA) is 59.8 Å². The summed E-state index contributed by atoms with van der Waals surface area (Å²) >= 11 is 5.20. The smallest absolute Gasteiger partial charge is 0.221 e.